The normalized spacial score (nSPS) is 45.0. The maximum Gasteiger partial charge on any atom is 0.192 e. The largest absolute Gasteiger partial charge is 0.385 e. The molecular formula is C15H19ClO4. The highest BCUT2D eigenvalue weighted by atomic mass is 35.5. The molecule has 0 aromatic heterocycles. The summed E-state index contributed by atoms with van der Waals surface area (Å²) in [7, 11) is 0. The second-order valence-corrected chi connectivity index (χ2v) is 7.69. The third-order valence-electron chi connectivity index (χ3n) is 5.76. The van der Waals surface area contributed by atoms with Crippen molar-refractivity contribution >= 4 is 23.2 Å². The van der Waals surface area contributed by atoms with Gasteiger partial charge in [-0.25, -0.2) is 0 Å². The molecule has 3 atom stereocenters. The van der Waals surface area contributed by atoms with E-state index >= 15 is 0 Å². The van der Waals surface area contributed by atoms with Gasteiger partial charge in [-0.05, 0) is 26.7 Å². The van der Waals surface area contributed by atoms with Gasteiger partial charge in [0, 0.05) is 22.0 Å². The van der Waals surface area contributed by atoms with E-state index < -0.39 is 33.2 Å². The molecule has 20 heavy (non-hydrogen) atoms. The average molecular weight is 299 g/mol. The van der Waals surface area contributed by atoms with Crippen LogP contribution in [-0.2, 0) is 9.59 Å². The van der Waals surface area contributed by atoms with E-state index in [-0.39, 0.29) is 16.9 Å². The van der Waals surface area contributed by atoms with Gasteiger partial charge < -0.3 is 10.2 Å². The quantitative estimate of drug-likeness (QED) is 0.662. The number of carbonyl (C=O) groups excluding carboxylic acids is 2. The summed E-state index contributed by atoms with van der Waals surface area (Å²) in [5.41, 5.74) is -4.86. The number of ketones is 2. The molecule has 1 fully saturated rings. The van der Waals surface area contributed by atoms with Crippen LogP contribution >= 0.6 is 11.6 Å². The van der Waals surface area contributed by atoms with E-state index in [2.05, 4.69) is 0 Å². The minimum Gasteiger partial charge on any atom is -0.385 e. The topological polar surface area (TPSA) is 74.6 Å². The molecule has 0 amide bonds. The van der Waals surface area contributed by atoms with Gasteiger partial charge in [0.05, 0.1) is 11.0 Å². The van der Waals surface area contributed by atoms with Crippen molar-refractivity contribution in [1.29, 1.82) is 0 Å². The first-order valence-corrected chi connectivity index (χ1v) is 7.29. The summed E-state index contributed by atoms with van der Waals surface area (Å²) in [5.74, 6) is -0.789. The molecule has 3 aliphatic carbocycles. The molecule has 0 bridgehead atoms. The summed E-state index contributed by atoms with van der Waals surface area (Å²) in [6.07, 6.45) is 1.05. The van der Waals surface area contributed by atoms with Crippen molar-refractivity contribution in [2.75, 3.05) is 0 Å². The molecule has 110 valence electrons. The Bertz CT molecular complexity index is 579. The molecule has 0 radical (unpaired) electrons. The number of rotatable bonds is 0. The van der Waals surface area contributed by atoms with Gasteiger partial charge in [-0.1, -0.05) is 13.8 Å². The van der Waals surface area contributed by atoms with Crippen LogP contribution < -0.4 is 0 Å². The fraction of sp³-hybridized carbons (Fsp3) is 0.733. The van der Waals surface area contributed by atoms with Gasteiger partial charge in [-0.3, -0.25) is 9.59 Å². The smallest absolute Gasteiger partial charge is 0.192 e. The molecule has 1 spiro atoms. The van der Waals surface area contributed by atoms with Crippen LogP contribution in [0.25, 0.3) is 0 Å². The fourth-order valence-electron chi connectivity index (χ4n) is 4.05. The van der Waals surface area contributed by atoms with Gasteiger partial charge in [-0.15, -0.1) is 11.6 Å². The molecule has 0 unspecified atom stereocenters. The summed E-state index contributed by atoms with van der Waals surface area (Å²) in [4.78, 5) is 25.3. The number of aliphatic hydroxyl groups is 2. The highest BCUT2D eigenvalue weighted by Gasteiger charge is 2.76. The summed E-state index contributed by atoms with van der Waals surface area (Å²) in [6.45, 7) is 6.30. The van der Waals surface area contributed by atoms with Crippen LogP contribution in [0.2, 0.25) is 0 Å². The summed E-state index contributed by atoms with van der Waals surface area (Å²) in [6, 6.07) is 0. The number of carbonyl (C=O) groups is 2. The van der Waals surface area contributed by atoms with Crippen molar-refractivity contribution in [1.82, 2.24) is 0 Å². The molecule has 1 saturated carbocycles. The van der Waals surface area contributed by atoms with Crippen LogP contribution in [0.3, 0.4) is 0 Å². The minimum absolute atomic E-state index is 0.106. The van der Waals surface area contributed by atoms with Gasteiger partial charge >= 0.3 is 0 Å². The van der Waals surface area contributed by atoms with E-state index in [4.69, 9.17) is 11.6 Å². The molecule has 0 aliphatic heterocycles. The second kappa shape index (κ2) is 3.37. The Hall–Kier alpha value is -0.710. The van der Waals surface area contributed by atoms with Crippen LogP contribution in [0.1, 0.15) is 40.5 Å². The van der Waals surface area contributed by atoms with Crippen molar-refractivity contribution in [2.45, 2.75) is 57.1 Å². The van der Waals surface area contributed by atoms with E-state index in [1.54, 1.807) is 13.8 Å². The fourth-order valence-corrected chi connectivity index (χ4v) is 4.36. The predicted molar refractivity (Wildman–Crippen MR) is 73.4 cm³/mol. The number of halogens is 1. The lowest BCUT2D eigenvalue weighted by atomic mass is 9.62. The Labute approximate surface area is 122 Å². The zero-order valence-corrected chi connectivity index (χ0v) is 12.8. The Morgan fingerprint density at radius 2 is 1.50 bits per heavy atom. The monoisotopic (exact) mass is 298 g/mol. The van der Waals surface area contributed by atoms with Crippen LogP contribution in [0.4, 0.5) is 0 Å². The van der Waals surface area contributed by atoms with Gasteiger partial charge in [0.2, 0.25) is 0 Å². The summed E-state index contributed by atoms with van der Waals surface area (Å²) < 4.78 is 0. The average Bonchev–Trinajstić information content (AvgIpc) is 3.10. The zero-order chi connectivity index (χ0) is 15.3. The van der Waals surface area contributed by atoms with E-state index in [0.29, 0.717) is 12.8 Å². The van der Waals surface area contributed by atoms with Gasteiger partial charge in [-0.2, -0.15) is 0 Å². The number of hydrogen-bond acceptors (Lipinski definition) is 4. The van der Waals surface area contributed by atoms with Gasteiger partial charge in [0.25, 0.3) is 0 Å². The number of alkyl halides is 1. The first kappa shape index (κ1) is 14.2. The molecule has 5 heteroatoms. The van der Waals surface area contributed by atoms with E-state index in [1.165, 1.54) is 13.8 Å². The maximum absolute atomic E-state index is 12.7. The van der Waals surface area contributed by atoms with Gasteiger partial charge in [0.15, 0.2) is 11.6 Å². The first-order chi connectivity index (χ1) is 8.93. The number of hydrogen-bond donors (Lipinski definition) is 2. The molecule has 3 aliphatic rings. The van der Waals surface area contributed by atoms with Crippen molar-refractivity contribution in [3.05, 3.63) is 11.1 Å². The number of Topliss-reactive ketones (excluding diaryl/α,β-unsaturated/α-hetero) is 2. The summed E-state index contributed by atoms with van der Waals surface area (Å²) >= 11 is 6.31. The summed E-state index contributed by atoms with van der Waals surface area (Å²) in [5, 5.41) is 20.8. The van der Waals surface area contributed by atoms with Crippen molar-refractivity contribution in [3.8, 4) is 0 Å². The predicted octanol–water partition coefficient (Wildman–Crippen LogP) is 1.36. The minimum atomic E-state index is -1.68. The zero-order valence-electron chi connectivity index (χ0n) is 12.1. The highest BCUT2D eigenvalue weighted by molar-refractivity contribution is 6.34. The van der Waals surface area contributed by atoms with Crippen LogP contribution in [0.5, 0.6) is 0 Å². The van der Waals surface area contributed by atoms with Crippen LogP contribution in [-0.4, -0.2) is 38.4 Å². The van der Waals surface area contributed by atoms with Crippen LogP contribution in [0.15, 0.2) is 11.1 Å². The molecule has 0 heterocycles. The molecule has 2 N–H and O–H groups in total. The Balaban J connectivity index is 2.31. The molecule has 0 saturated heterocycles. The second-order valence-electron chi connectivity index (χ2n) is 7.26. The molecule has 3 rings (SSSR count). The van der Waals surface area contributed by atoms with Gasteiger partial charge in [0.1, 0.15) is 5.60 Å². The molecule has 4 nitrogen and oxygen atoms in total. The van der Waals surface area contributed by atoms with Crippen molar-refractivity contribution in [3.63, 3.8) is 0 Å². The Morgan fingerprint density at radius 1 is 1.00 bits per heavy atom. The highest BCUT2D eigenvalue weighted by Crippen LogP contribution is 2.68. The van der Waals surface area contributed by atoms with Crippen molar-refractivity contribution < 1.29 is 19.8 Å². The molecule has 0 aromatic rings. The van der Waals surface area contributed by atoms with Crippen LogP contribution in [0, 0.1) is 10.8 Å². The SMILES string of the molecule is CC1(C)C(=O)C2=C(C(=O)[C@](C)(O)C3(CC3)[C@@]2(C)O)[C@@H]1Cl. The van der Waals surface area contributed by atoms with Crippen molar-refractivity contribution in [2.24, 2.45) is 10.8 Å². The lowest BCUT2D eigenvalue weighted by molar-refractivity contribution is -0.159. The molecule has 0 aromatic carbocycles. The maximum atomic E-state index is 12.7. The Kier molecular flexibility index (Phi) is 2.40. The Morgan fingerprint density at radius 3 is 1.95 bits per heavy atom. The lowest BCUT2D eigenvalue weighted by Gasteiger charge is -2.47. The standard InChI is InChI=1S/C15H19ClO4/c1-12(2)9(16)7-8(11(12)18)13(3,19)15(5-6-15)14(4,20)10(7)17/h9,19-20H,5-6H2,1-4H3/t9-,13-,14-/m0/s1. The third kappa shape index (κ3) is 1.18. The van der Waals surface area contributed by atoms with E-state index in [1.807, 2.05) is 0 Å². The first-order valence-electron chi connectivity index (χ1n) is 6.86. The molecular weight excluding hydrogens is 280 g/mol. The lowest BCUT2D eigenvalue weighted by Crippen LogP contribution is -2.61. The van der Waals surface area contributed by atoms with E-state index in [0.717, 1.165) is 0 Å². The van der Waals surface area contributed by atoms with E-state index in [9.17, 15) is 19.8 Å². The third-order valence-corrected chi connectivity index (χ3v) is 6.52.